The maximum Gasteiger partial charge on any atom is 0.274 e. The molecule has 6 heteroatoms. The van der Waals surface area contributed by atoms with Crippen molar-refractivity contribution in [3.63, 3.8) is 0 Å². The van der Waals surface area contributed by atoms with Crippen molar-refractivity contribution in [3.8, 4) is 0 Å². The summed E-state index contributed by atoms with van der Waals surface area (Å²) in [5.41, 5.74) is 4.29. The molecule has 0 aliphatic carbocycles. The topological polar surface area (TPSA) is 53.9 Å². The van der Waals surface area contributed by atoms with Crippen LogP contribution in [-0.2, 0) is 4.74 Å². The molecule has 26 heavy (non-hydrogen) atoms. The van der Waals surface area contributed by atoms with Gasteiger partial charge in [-0.05, 0) is 24.6 Å². The summed E-state index contributed by atoms with van der Waals surface area (Å²) in [7, 11) is 0. The lowest BCUT2D eigenvalue weighted by molar-refractivity contribution is 0.0285. The summed E-state index contributed by atoms with van der Waals surface area (Å²) in [5.74, 6) is -1.12. The van der Waals surface area contributed by atoms with Gasteiger partial charge >= 0.3 is 0 Å². The van der Waals surface area contributed by atoms with Crippen molar-refractivity contribution in [2.24, 2.45) is 5.10 Å². The van der Waals surface area contributed by atoms with Gasteiger partial charge in [-0.25, -0.2) is 9.82 Å². The molecular weight excluding hydrogens is 333 g/mol. The van der Waals surface area contributed by atoms with Gasteiger partial charge in [0, 0.05) is 13.1 Å². The molecule has 2 aromatic carbocycles. The molecule has 0 radical (unpaired) electrons. The van der Waals surface area contributed by atoms with Crippen molar-refractivity contribution >= 4 is 11.6 Å². The Morgan fingerprint density at radius 2 is 1.77 bits per heavy atom. The van der Waals surface area contributed by atoms with E-state index in [0.717, 1.165) is 24.4 Å². The first-order chi connectivity index (χ1) is 12.7. The molecule has 1 atom stereocenters. The highest BCUT2D eigenvalue weighted by Gasteiger charge is 2.25. The molecule has 0 saturated carbocycles. The number of hydrogen-bond donors (Lipinski definition) is 1. The quantitative estimate of drug-likeness (QED) is 0.663. The third-order valence-electron chi connectivity index (χ3n) is 4.37. The SMILES string of the molecule is C/C(=N/NC(=O)c1ccccc1F)[C@H](c1ccccc1)N1CCOCC1. The number of rotatable bonds is 5. The number of hydrogen-bond acceptors (Lipinski definition) is 4. The monoisotopic (exact) mass is 355 g/mol. The van der Waals surface area contributed by atoms with E-state index in [1.807, 2.05) is 37.3 Å². The van der Waals surface area contributed by atoms with E-state index in [1.54, 1.807) is 12.1 Å². The van der Waals surface area contributed by atoms with Crippen LogP contribution in [0, 0.1) is 5.82 Å². The molecule has 0 bridgehead atoms. The van der Waals surface area contributed by atoms with Crippen LogP contribution in [0.1, 0.15) is 28.9 Å². The molecule has 1 amide bonds. The van der Waals surface area contributed by atoms with E-state index >= 15 is 0 Å². The van der Waals surface area contributed by atoms with Gasteiger partial charge in [-0.3, -0.25) is 9.69 Å². The van der Waals surface area contributed by atoms with E-state index in [-0.39, 0.29) is 11.6 Å². The van der Waals surface area contributed by atoms with Gasteiger partial charge in [0.25, 0.3) is 5.91 Å². The van der Waals surface area contributed by atoms with Gasteiger partial charge in [-0.2, -0.15) is 5.10 Å². The summed E-state index contributed by atoms with van der Waals surface area (Å²) in [6, 6.07) is 15.8. The lowest BCUT2D eigenvalue weighted by Crippen LogP contribution is -2.42. The van der Waals surface area contributed by atoms with Gasteiger partial charge in [0.15, 0.2) is 0 Å². The first-order valence-corrected chi connectivity index (χ1v) is 8.62. The normalized spacial score (nSPS) is 16.9. The molecule has 1 N–H and O–H groups in total. The number of nitrogens with zero attached hydrogens (tertiary/aromatic N) is 2. The summed E-state index contributed by atoms with van der Waals surface area (Å²) in [5, 5.41) is 4.26. The number of benzene rings is 2. The van der Waals surface area contributed by atoms with E-state index in [1.165, 1.54) is 12.1 Å². The Bertz CT molecular complexity index is 774. The van der Waals surface area contributed by atoms with Crippen LogP contribution in [0.4, 0.5) is 4.39 Å². The van der Waals surface area contributed by atoms with Crippen LogP contribution in [0.3, 0.4) is 0 Å². The minimum absolute atomic E-state index is 0.0216. The largest absolute Gasteiger partial charge is 0.379 e. The van der Waals surface area contributed by atoms with Crippen molar-refractivity contribution in [1.29, 1.82) is 0 Å². The van der Waals surface area contributed by atoms with E-state index in [9.17, 15) is 9.18 Å². The molecule has 136 valence electrons. The Hall–Kier alpha value is -2.57. The molecule has 1 heterocycles. The number of carbonyl (C=O) groups is 1. The molecule has 0 aromatic heterocycles. The standard InChI is InChI=1S/C20H22FN3O2/c1-15(22-23-20(25)17-9-5-6-10-18(17)21)19(16-7-3-2-4-8-16)24-11-13-26-14-12-24/h2-10,19H,11-14H2,1H3,(H,23,25)/b22-15-/t19-/m1/s1. The summed E-state index contributed by atoms with van der Waals surface area (Å²) >= 11 is 0. The Labute approximate surface area is 152 Å². The minimum atomic E-state index is -0.564. The van der Waals surface area contributed by atoms with E-state index in [4.69, 9.17) is 4.74 Å². The third kappa shape index (κ3) is 4.33. The molecule has 1 fully saturated rings. The molecule has 3 rings (SSSR count). The van der Waals surface area contributed by atoms with E-state index in [2.05, 4.69) is 15.4 Å². The van der Waals surface area contributed by atoms with Crippen LogP contribution in [0.25, 0.3) is 0 Å². The zero-order chi connectivity index (χ0) is 18.4. The van der Waals surface area contributed by atoms with Crippen molar-refractivity contribution in [2.45, 2.75) is 13.0 Å². The second-order valence-electron chi connectivity index (χ2n) is 6.14. The number of carbonyl (C=O) groups excluding carboxylic acids is 1. The van der Waals surface area contributed by atoms with Gasteiger partial charge in [0.05, 0.1) is 30.5 Å². The smallest absolute Gasteiger partial charge is 0.274 e. The van der Waals surface area contributed by atoms with Crippen LogP contribution < -0.4 is 5.43 Å². The zero-order valence-corrected chi connectivity index (χ0v) is 14.7. The van der Waals surface area contributed by atoms with Gasteiger partial charge in [0.2, 0.25) is 0 Å². The number of morpholine rings is 1. The van der Waals surface area contributed by atoms with Gasteiger partial charge in [0.1, 0.15) is 5.82 Å². The maximum absolute atomic E-state index is 13.7. The zero-order valence-electron chi connectivity index (χ0n) is 14.7. The summed E-state index contributed by atoms with van der Waals surface area (Å²) in [4.78, 5) is 14.5. The molecule has 2 aromatic rings. The first-order valence-electron chi connectivity index (χ1n) is 8.62. The predicted molar refractivity (Wildman–Crippen MR) is 98.6 cm³/mol. The number of amides is 1. The third-order valence-corrected chi connectivity index (χ3v) is 4.37. The molecule has 0 spiro atoms. The van der Waals surface area contributed by atoms with Crippen LogP contribution in [-0.4, -0.2) is 42.8 Å². The number of halogens is 1. The predicted octanol–water partition coefficient (Wildman–Crippen LogP) is 3.00. The molecule has 0 unspecified atom stereocenters. The highest BCUT2D eigenvalue weighted by molar-refractivity contribution is 5.96. The van der Waals surface area contributed by atoms with Crippen LogP contribution in [0.2, 0.25) is 0 Å². The minimum Gasteiger partial charge on any atom is -0.379 e. The second-order valence-corrected chi connectivity index (χ2v) is 6.14. The molecular formula is C20H22FN3O2. The fourth-order valence-corrected chi connectivity index (χ4v) is 3.09. The molecule has 1 aliphatic rings. The van der Waals surface area contributed by atoms with Crippen LogP contribution in [0.5, 0.6) is 0 Å². The van der Waals surface area contributed by atoms with Gasteiger partial charge < -0.3 is 4.74 Å². The van der Waals surface area contributed by atoms with Crippen molar-refractivity contribution in [2.75, 3.05) is 26.3 Å². The average Bonchev–Trinajstić information content (AvgIpc) is 2.68. The first kappa shape index (κ1) is 18.2. The average molecular weight is 355 g/mol. The Morgan fingerprint density at radius 1 is 1.12 bits per heavy atom. The maximum atomic E-state index is 13.7. The Kier molecular flexibility index (Phi) is 6.09. The highest BCUT2D eigenvalue weighted by atomic mass is 19.1. The molecule has 5 nitrogen and oxygen atoms in total. The van der Waals surface area contributed by atoms with Crippen molar-refractivity contribution in [3.05, 3.63) is 71.5 Å². The van der Waals surface area contributed by atoms with Crippen molar-refractivity contribution in [1.82, 2.24) is 10.3 Å². The number of hydrazone groups is 1. The van der Waals surface area contributed by atoms with Gasteiger partial charge in [-0.15, -0.1) is 0 Å². The summed E-state index contributed by atoms with van der Waals surface area (Å²) in [6.45, 7) is 4.77. The van der Waals surface area contributed by atoms with E-state index < -0.39 is 11.7 Å². The second kappa shape index (κ2) is 8.69. The van der Waals surface area contributed by atoms with Gasteiger partial charge in [-0.1, -0.05) is 42.5 Å². The highest BCUT2D eigenvalue weighted by Crippen LogP contribution is 2.23. The van der Waals surface area contributed by atoms with E-state index in [0.29, 0.717) is 13.2 Å². The lowest BCUT2D eigenvalue weighted by Gasteiger charge is -2.34. The number of ether oxygens (including phenoxy) is 1. The summed E-state index contributed by atoms with van der Waals surface area (Å²) in [6.07, 6.45) is 0. The Morgan fingerprint density at radius 3 is 2.46 bits per heavy atom. The fourth-order valence-electron chi connectivity index (χ4n) is 3.09. The lowest BCUT2D eigenvalue weighted by atomic mass is 10.0. The molecule has 1 aliphatic heterocycles. The molecule has 1 saturated heterocycles. The van der Waals surface area contributed by atoms with Crippen molar-refractivity contribution < 1.29 is 13.9 Å². The number of nitrogens with one attached hydrogen (secondary N) is 1. The summed E-state index contributed by atoms with van der Waals surface area (Å²) < 4.78 is 19.2. The van der Waals surface area contributed by atoms with Crippen LogP contribution in [0.15, 0.2) is 59.7 Å². The fraction of sp³-hybridized carbons (Fsp3) is 0.300. The van der Waals surface area contributed by atoms with Crippen LogP contribution >= 0.6 is 0 Å². The Balaban J connectivity index is 1.80.